The van der Waals surface area contributed by atoms with Crippen molar-refractivity contribution in [1.29, 1.82) is 0 Å². The Morgan fingerprint density at radius 1 is 0.825 bits per heavy atom. The Labute approximate surface area is 232 Å². The van der Waals surface area contributed by atoms with Crippen LogP contribution in [0.5, 0.6) is 5.75 Å². The smallest absolute Gasteiger partial charge is 0.185 e. The molecule has 0 N–H and O–H groups in total. The fourth-order valence-corrected chi connectivity index (χ4v) is 7.05. The third-order valence-electron chi connectivity index (χ3n) is 8.74. The van der Waals surface area contributed by atoms with E-state index in [1.165, 1.54) is 0 Å². The van der Waals surface area contributed by atoms with Gasteiger partial charge in [0, 0.05) is 28.3 Å². The number of anilines is 1. The molecule has 1 saturated heterocycles. The minimum Gasteiger partial charge on any atom is -0.497 e. The van der Waals surface area contributed by atoms with Gasteiger partial charge in [0.1, 0.15) is 17.2 Å². The van der Waals surface area contributed by atoms with Crippen LogP contribution in [0.25, 0.3) is 6.08 Å². The second-order valence-electron chi connectivity index (χ2n) is 10.8. The van der Waals surface area contributed by atoms with E-state index in [1.54, 1.807) is 43.5 Å². The van der Waals surface area contributed by atoms with Gasteiger partial charge in [-0.05, 0) is 41.8 Å². The lowest BCUT2D eigenvalue weighted by molar-refractivity contribution is 0.0665. The molecule has 5 nitrogen and oxygen atoms in total. The molecule has 2 aliphatic heterocycles. The van der Waals surface area contributed by atoms with Crippen molar-refractivity contribution in [1.82, 2.24) is 0 Å². The van der Waals surface area contributed by atoms with E-state index in [9.17, 15) is 14.4 Å². The van der Waals surface area contributed by atoms with E-state index < -0.39 is 23.4 Å². The maximum absolute atomic E-state index is 14.7. The standard InChI is InChI=1S/C35H27NO4/c1-21-15-16-22-17-18-29-35(33(38)26-13-6-7-14-27(26)34(35)39)30(24-11-8-12-25(20-24)40-2)31(36(29)28(22)19-21)32(37)23-9-4-3-5-10-23/h3-20,29-31H,1-2H3. The number of hydrogen-bond acceptors (Lipinski definition) is 5. The van der Waals surface area contributed by atoms with Crippen molar-refractivity contribution < 1.29 is 19.1 Å². The van der Waals surface area contributed by atoms with Gasteiger partial charge in [0.15, 0.2) is 17.3 Å². The van der Waals surface area contributed by atoms with Gasteiger partial charge in [-0.15, -0.1) is 0 Å². The third kappa shape index (κ3) is 3.18. The normalized spacial score (nSPS) is 21.8. The number of carbonyl (C=O) groups is 3. The second kappa shape index (κ2) is 8.88. The van der Waals surface area contributed by atoms with Crippen LogP contribution in [0.1, 0.15) is 53.7 Å². The summed E-state index contributed by atoms with van der Waals surface area (Å²) in [6, 6.07) is 28.3. The van der Waals surface area contributed by atoms with Crippen LogP contribution >= 0.6 is 0 Å². The molecule has 0 saturated carbocycles. The number of nitrogens with zero attached hydrogens (tertiary/aromatic N) is 1. The van der Waals surface area contributed by atoms with Crippen molar-refractivity contribution in [2.75, 3.05) is 12.0 Å². The molecule has 40 heavy (non-hydrogen) atoms. The maximum Gasteiger partial charge on any atom is 0.185 e. The number of aryl methyl sites for hydroxylation is 1. The summed E-state index contributed by atoms with van der Waals surface area (Å²) in [5, 5.41) is 0. The van der Waals surface area contributed by atoms with E-state index >= 15 is 0 Å². The van der Waals surface area contributed by atoms with Crippen LogP contribution in [0.4, 0.5) is 5.69 Å². The van der Waals surface area contributed by atoms with Crippen LogP contribution in [-0.4, -0.2) is 36.5 Å². The van der Waals surface area contributed by atoms with Gasteiger partial charge in [-0.3, -0.25) is 14.4 Å². The van der Waals surface area contributed by atoms with E-state index in [0.29, 0.717) is 22.4 Å². The molecular weight excluding hydrogens is 498 g/mol. The topological polar surface area (TPSA) is 63.7 Å². The summed E-state index contributed by atoms with van der Waals surface area (Å²) in [6.45, 7) is 2.01. The van der Waals surface area contributed by atoms with E-state index in [0.717, 1.165) is 22.4 Å². The summed E-state index contributed by atoms with van der Waals surface area (Å²) in [5.41, 5.74) is 3.39. The van der Waals surface area contributed by atoms with Crippen LogP contribution in [0, 0.1) is 12.3 Å². The molecule has 3 unspecified atom stereocenters. The summed E-state index contributed by atoms with van der Waals surface area (Å²) in [7, 11) is 1.59. The lowest BCUT2D eigenvalue weighted by Gasteiger charge is -2.37. The molecule has 2 heterocycles. The maximum atomic E-state index is 14.7. The zero-order valence-electron chi connectivity index (χ0n) is 22.2. The van der Waals surface area contributed by atoms with Crippen LogP contribution in [0.2, 0.25) is 0 Å². The van der Waals surface area contributed by atoms with Gasteiger partial charge in [0.2, 0.25) is 0 Å². The Balaban J connectivity index is 1.57. The summed E-state index contributed by atoms with van der Waals surface area (Å²) < 4.78 is 5.57. The van der Waals surface area contributed by atoms with Crippen molar-refractivity contribution in [3.63, 3.8) is 0 Å². The number of fused-ring (bicyclic) bond motifs is 5. The molecule has 0 aromatic heterocycles. The van der Waals surface area contributed by atoms with Gasteiger partial charge in [-0.1, -0.05) is 91.0 Å². The van der Waals surface area contributed by atoms with Crippen LogP contribution in [0.15, 0.2) is 103 Å². The van der Waals surface area contributed by atoms with Gasteiger partial charge < -0.3 is 9.64 Å². The molecule has 4 aromatic carbocycles. The minimum atomic E-state index is -1.52. The predicted molar refractivity (Wildman–Crippen MR) is 154 cm³/mol. The first-order valence-corrected chi connectivity index (χ1v) is 13.5. The van der Waals surface area contributed by atoms with Crippen LogP contribution in [-0.2, 0) is 0 Å². The second-order valence-corrected chi connectivity index (χ2v) is 10.8. The zero-order valence-corrected chi connectivity index (χ0v) is 22.2. The lowest BCUT2D eigenvalue weighted by Crippen LogP contribution is -2.48. The first-order chi connectivity index (χ1) is 19.5. The Morgan fingerprint density at radius 3 is 2.23 bits per heavy atom. The monoisotopic (exact) mass is 525 g/mol. The number of ether oxygens (including phenoxy) is 1. The molecule has 7 rings (SSSR count). The van der Waals surface area contributed by atoms with E-state index in [2.05, 4.69) is 6.07 Å². The van der Waals surface area contributed by atoms with Gasteiger partial charge in [0.05, 0.1) is 13.2 Å². The Kier molecular flexibility index (Phi) is 5.39. The van der Waals surface area contributed by atoms with Gasteiger partial charge >= 0.3 is 0 Å². The van der Waals surface area contributed by atoms with E-state index in [1.807, 2.05) is 78.6 Å². The van der Waals surface area contributed by atoms with Gasteiger partial charge in [-0.2, -0.15) is 0 Å². The Bertz CT molecular complexity index is 1700. The predicted octanol–water partition coefficient (Wildman–Crippen LogP) is 6.32. The average molecular weight is 526 g/mol. The van der Waals surface area contributed by atoms with E-state index in [-0.39, 0.29) is 17.3 Å². The molecule has 0 radical (unpaired) electrons. The van der Waals surface area contributed by atoms with Crippen LogP contribution in [0.3, 0.4) is 0 Å². The van der Waals surface area contributed by atoms with Gasteiger partial charge in [-0.25, -0.2) is 0 Å². The number of Topliss-reactive ketones (excluding diaryl/α,β-unsaturated/α-hetero) is 3. The van der Waals surface area contributed by atoms with E-state index in [4.69, 9.17) is 4.74 Å². The fourth-order valence-electron chi connectivity index (χ4n) is 7.05. The quantitative estimate of drug-likeness (QED) is 0.231. The number of benzene rings is 4. The number of hydrogen-bond donors (Lipinski definition) is 0. The molecule has 0 bridgehead atoms. The fraction of sp³-hybridized carbons (Fsp3) is 0.171. The van der Waals surface area contributed by atoms with Crippen molar-refractivity contribution in [2.24, 2.45) is 5.41 Å². The van der Waals surface area contributed by atoms with Crippen molar-refractivity contribution in [2.45, 2.75) is 24.9 Å². The van der Waals surface area contributed by atoms with Crippen molar-refractivity contribution in [3.8, 4) is 5.75 Å². The molecule has 3 aliphatic rings. The summed E-state index contributed by atoms with van der Waals surface area (Å²) in [5.74, 6) is -0.760. The number of rotatable bonds is 4. The minimum absolute atomic E-state index is 0.130. The molecule has 196 valence electrons. The average Bonchev–Trinajstić information content (AvgIpc) is 3.43. The highest BCUT2D eigenvalue weighted by atomic mass is 16.5. The first kappa shape index (κ1) is 24.3. The highest BCUT2D eigenvalue weighted by molar-refractivity contribution is 6.32. The summed E-state index contributed by atoms with van der Waals surface area (Å²) >= 11 is 0. The number of ketones is 3. The van der Waals surface area contributed by atoms with Crippen molar-refractivity contribution in [3.05, 3.63) is 137 Å². The molecule has 1 fully saturated rings. The Morgan fingerprint density at radius 2 is 1.52 bits per heavy atom. The Hall–Kier alpha value is -4.77. The largest absolute Gasteiger partial charge is 0.497 e. The molecule has 4 aromatic rings. The number of methoxy groups -OCH3 is 1. The molecular formula is C35H27NO4. The SMILES string of the molecule is COc1cccc(C2C(C(=O)c3ccccc3)N3c4cc(C)ccc4C=CC3C23C(=O)c2ccccc2C3=O)c1. The molecule has 1 spiro atoms. The van der Waals surface area contributed by atoms with Gasteiger partial charge in [0.25, 0.3) is 0 Å². The molecule has 5 heteroatoms. The molecule has 0 amide bonds. The third-order valence-corrected chi connectivity index (χ3v) is 8.74. The summed E-state index contributed by atoms with van der Waals surface area (Å²) in [6.07, 6.45) is 3.93. The first-order valence-electron chi connectivity index (χ1n) is 13.5. The highest BCUT2D eigenvalue weighted by Crippen LogP contribution is 2.61. The molecule has 1 aliphatic carbocycles. The lowest BCUT2D eigenvalue weighted by atomic mass is 9.64. The summed E-state index contributed by atoms with van der Waals surface area (Å²) in [4.78, 5) is 46.1. The zero-order chi connectivity index (χ0) is 27.6. The number of carbonyl (C=O) groups excluding carboxylic acids is 3. The van der Waals surface area contributed by atoms with Crippen molar-refractivity contribution >= 4 is 29.1 Å². The molecule has 3 atom stereocenters. The highest BCUT2D eigenvalue weighted by Gasteiger charge is 2.71. The van der Waals surface area contributed by atoms with Crippen LogP contribution < -0.4 is 9.64 Å².